The molecule has 0 heterocycles. The Balaban J connectivity index is 2.64. The fourth-order valence-corrected chi connectivity index (χ4v) is 2.10. The maximum absolute atomic E-state index is 12.3. The lowest BCUT2D eigenvalue weighted by molar-refractivity contribution is -0.118. The summed E-state index contributed by atoms with van der Waals surface area (Å²) in [6.07, 6.45) is 0.866. The number of hydrogen-bond donors (Lipinski definition) is 3. The first-order chi connectivity index (χ1) is 11.6. The van der Waals surface area contributed by atoms with Crippen molar-refractivity contribution < 1.29 is 19.1 Å². The number of benzene rings is 1. The maximum Gasteiger partial charge on any atom is 0.408 e. The summed E-state index contributed by atoms with van der Waals surface area (Å²) < 4.78 is 5.13. The number of ether oxygens (including phenoxy) is 1. The first-order valence-electron chi connectivity index (χ1n) is 8.25. The summed E-state index contributed by atoms with van der Waals surface area (Å²) in [6.45, 7) is 6.83. The minimum absolute atomic E-state index is 0.291. The predicted molar refractivity (Wildman–Crippen MR) is 96.0 cm³/mol. The molecule has 3 amide bonds. The van der Waals surface area contributed by atoms with Crippen LogP contribution in [0.4, 0.5) is 10.5 Å². The van der Waals surface area contributed by atoms with Crippen LogP contribution in [0.2, 0.25) is 0 Å². The summed E-state index contributed by atoms with van der Waals surface area (Å²) in [5.74, 6) is -0.704. The van der Waals surface area contributed by atoms with E-state index in [2.05, 4.69) is 10.6 Å². The van der Waals surface area contributed by atoms with Gasteiger partial charge >= 0.3 is 6.09 Å². The van der Waals surface area contributed by atoms with E-state index < -0.39 is 17.7 Å². The number of anilines is 1. The van der Waals surface area contributed by atoms with Gasteiger partial charge in [0.2, 0.25) is 11.8 Å². The molecule has 7 heteroatoms. The minimum Gasteiger partial charge on any atom is -0.444 e. The Morgan fingerprint density at radius 1 is 1.20 bits per heavy atom. The zero-order valence-corrected chi connectivity index (χ0v) is 15.2. The molecule has 1 aromatic carbocycles. The lowest BCUT2D eigenvalue weighted by Crippen LogP contribution is -2.44. The Kier molecular flexibility index (Phi) is 7.42. The molecule has 0 aromatic heterocycles. The molecule has 0 unspecified atom stereocenters. The zero-order chi connectivity index (χ0) is 19.0. The van der Waals surface area contributed by atoms with Gasteiger partial charge in [-0.05, 0) is 52.2 Å². The monoisotopic (exact) mass is 349 g/mol. The number of carbonyl (C=O) groups is 3. The first-order valence-corrected chi connectivity index (χ1v) is 8.25. The molecule has 0 bridgehead atoms. The van der Waals surface area contributed by atoms with Crippen LogP contribution >= 0.6 is 0 Å². The summed E-state index contributed by atoms with van der Waals surface area (Å²) in [5, 5.41) is 5.29. The fourth-order valence-electron chi connectivity index (χ4n) is 2.10. The Bertz CT molecular complexity index is 623. The van der Waals surface area contributed by atoms with Gasteiger partial charge in [-0.1, -0.05) is 18.2 Å². The summed E-state index contributed by atoms with van der Waals surface area (Å²) in [6, 6.07) is 6.56. The average Bonchev–Trinajstić information content (AvgIpc) is 2.46. The lowest BCUT2D eigenvalue weighted by atomic mass is 10.1. The number of carbonyl (C=O) groups excluding carboxylic acids is 3. The van der Waals surface area contributed by atoms with Crippen LogP contribution in [-0.4, -0.2) is 29.6 Å². The first kappa shape index (κ1) is 20.5. The molecule has 7 nitrogen and oxygen atoms in total. The molecule has 1 atom stereocenters. The van der Waals surface area contributed by atoms with Crippen molar-refractivity contribution >= 4 is 23.6 Å². The van der Waals surface area contributed by atoms with Crippen molar-refractivity contribution in [1.29, 1.82) is 0 Å². The molecule has 1 aromatic rings. The Morgan fingerprint density at radius 2 is 1.84 bits per heavy atom. The van der Waals surface area contributed by atoms with Gasteiger partial charge < -0.3 is 21.1 Å². The lowest BCUT2D eigenvalue weighted by Gasteiger charge is -2.22. The van der Waals surface area contributed by atoms with Crippen molar-refractivity contribution in [2.24, 2.45) is 5.73 Å². The fraction of sp³-hybridized carbons (Fsp3) is 0.500. The van der Waals surface area contributed by atoms with Crippen LogP contribution in [0.3, 0.4) is 0 Å². The van der Waals surface area contributed by atoms with E-state index in [0.717, 1.165) is 5.56 Å². The molecule has 4 N–H and O–H groups in total. The Morgan fingerprint density at radius 3 is 2.44 bits per heavy atom. The number of para-hydroxylation sites is 1. The summed E-state index contributed by atoms with van der Waals surface area (Å²) in [5.41, 5.74) is 6.06. The number of hydrogen-bond acceptors (Lipinski definition) is 4. The average molecular weight is 349 g/mol. The number of alkyl carbamates (subject to hydrolysis) is 1. The quantitative estimate of drug-likeness (QED) is 0.701. The molecule has 25 heavy (non-hydrogen) atoms. The highest BCUT2D eigenvalue weighted by Crippen LogP contribution is 2.18. The van der Waals surface area contributed by atoms with Crippen molar-refractivity contribution in [3.63, 3.8) is 0 Å². The van der Waals surface area contributed by atoms with Crippen LogP contribution in [0.25, 0.3) is 0 Å². The highest BCUT2D eigenvalue weighted by Gasteiger charge is 2.21. The third kappa shape index (κ3) is 8.19. The maximum atomic E-state index is 12.3. The molecule has 0 aliphatic carbocycles. The highest BCUT2D eigenvalue weighted by atomic mass is 16.6. The molecule has 1 rings (SSSR count). The van der Waals surface area contributed by atoms with Gasteiger partial charge in [-0.3, -0.25) is 9.59 Å². The molecule has 0 aliphatic heterocycles. The largest absolute Gasteiger partial charge is 0.444 e. The second-order valence-electron chi connectivity index (χ2n) is 6.83. The molecule has 138 valence electrons. The Labute approximate surface area is 148 Å². The van der Waals surface area contributed by atoms with Gasteiger partial charge in [0.25, 0.3) is 0 Å². The van der Waals surface area contributed by atoms with Gasteiger partial charge in [0.1, 0.15) is 11.6 Å². The third-order valence-corrected chi connectivity index (χ3v) is 3.27. The van der Waals surface area contributed by atoms with Crippen molar-refractivity contribution in [1.82, 2.24) is 5.32 Å². The van der Waals surface area contributed by atoms with E-state index in [4.69, 9.17) is 10.5 Å². The van der Waals surface area contributed by atoms with Gasteiger partial charge in [0, 0.05) is 12.1 Å². The molecule has 0 radical (unpaired) electrons. The number of nitrogens with one attached hydrogen (secondary N) is 2. The zero-order valence-electron chi connectivity index (χ0n) is 15.2. The molecular weight excluding hydrogens is 322 g/mol. The predicted octanol–water partition coefficient (Wildman–Crippen LogP) is 2.35. The van der Waals surface area contributed by atoms with Gasteiger partial charge in [0.15, 0.2) is 0 Å². The molecule has 0 aliphatic rings. The van der Waals surface area contributed by atoms with Crippen molar-refractivity contribution in [3.05, 3.63) is 29.8 Å². The summed E-state index contributed by atoms with van der Waals surface area (Å²) in [4.78, 5) is 34.9. The van der Waals surface area contributed by atoms with E-state index >= 15 is 0 Å². The third-order valence-electron chi connectivity index (χ3n) is 3.27. The van der Waals surface area contributed by atoms with Crippen LogP contribution in [-0.2, 0) is 20.7 Å². The van der Waals surface area contributed by atoms with E-state index in [0.29, 0.717) is 24.9 Å². The second-order valence-corrected chi connectivity index (χ2v) is 6.83. The van der Waals surface area contributed by atoms with Crippen LogP contribution < -0.4 is 16.4 Å². The van der Waals surface area contributed by atoms with Crippen LogP contribution in [0.15, 0.2) is 24.3 Å². The SMILES string of the molecule is C[C@H](NC(=O)OC(C)(C)C)C(=O)Nc1ccccc1CCCC(N)=O. The topological polar surface area (TPSA) is 111 Å². The number of aryl methyl sites for hydroxylation is 1. The number of primary amides is 1. The van der Waals surface area contributed by atoms with Crippen LogP contribution in [0.1, 0.15) is 46.1 Å². The smallest absolute Gasteiger partial charge is 0.408 e. The number of rotatable bonds is 7. The molecular formula is C18H27N3O4. The van der Waals surface area contributed by atoms with E-state index in [1.807, 2.05) is 12.1 Å². The van der Waals surface area contributed by atoms with E-state index in [-0.39, 0.29) is 11.8 Å². The van der Waals surface area contributed by atoms with E-state index in [9.17, 15) is 14.4 Å². The molecule has 0 fully saturated rings. The van der Waals surface area contributed by atoms with E-state index in [1.54, 1.807) is 39.8 Å². The van der Waals surface area contributed by atoms with Crippen molar-refractivity contribution in [2.75, 3.05) is 5.32 Å². The number of nitrogens with two attached hydrogens (primary N) is 1. The number of amides is 3. The highest BCUT2D eigenvalue weighted by molar-refractivity contribution is 5.96. The van der Waals surface area contributed by atoms with Crippen LogP contribution in [0, 0.1) is 0 Å². The van der Waals surface area contributed by atoms with Gasteiger partial charge in [-0.25, -0.2) is 4.79 Å². The van der Waals surface area contributed by atoms with Crippen LogP contribution in [0.5, 0.6) is 0 Å². The van der Waals surface area contributed by atoms with Gasteiger partial charge in [-0.2, -0.15) is 0 Å². The van der Waals surface area contributed by atoms with Crippen molar-refractivity contribution in [2.45, 2.75) is 58.6 Å². The second kappa shape index (κ2) is 9.05. The van der Waals surface area contributed by atoms with E-state index in [1.165, 1.54) is 0 Å². The summed E-state index contributed by atoms with van der Waals surface area (Å²) in [7, 11) is 0. The standard InChI is InChI=1S/C18H27N3O4/c1-12(20-17(24)25-18(2,3)4)16(23)21-14-10-6-5-8-13(14)9-7-11-15(19)22/h5-6,8,10,12H,7,9,11H2,1-4H3,(H2,19,22)(H,20,24)(H,21,23)/t12-/m0/s1. The minimum atomic E-state index is -0.756. The molecule has 0 spiro atoms. The Hall–Kier alpha value is -2.57. The van der Waals surface area contributed by atoms with Gasteiger partial charge in [0.05, 0.1) is 0 Å². The normalized spacial score (nSPS) is 12.2. The van der Waals surface area contributed by atoms with Gasteiger partial charge in [-0.15, -0.1) is 0 Å². The molecule has 0 saturated carbocycles. The van der Waals surface area contributed by atoms with Crippen molar-refractivity contribution in [3.8, 4) is 0 Å². The molecule has 0 saturated heterocycles. The summed E-state index contributed by atoms with van der Waals surface area (Å²) >= 11 is 0.